The normalized spacial score (nSPS) is 11.6. The Balaban J connectivity index is 1.78. The predicted octanol–water partition coefficient (Wildman–Crippen LogP) is 9.12. The first kappa shape index (κ1) is 27.2. The van der Waals surface area contributed by atoms with E-state index in [9.17, 15) is 18.0 Å². The van der Waals surface area contributed by atoms with Gasteiger partial charge in [0.15, 0.2) is 0 Å². The molecular weight excluding hydrogens is 544 g/mol. The van der Waals surface area contributed by atoms with Crippen LogP contribution in [0.25, 0.3) is 22.0 Å². The van der Waals surface area contributed by atoms with E-state index in [1.807, 2.05) is 36.7 Å². The molecule has 3 aromatic carbocycles. The zero-order chi connectivity index (χ0) is 26.7. The van der Waals surface area contributed by atoms with E-state index in [0.29, 0.717) is 46.6 Å². The fraction of sp³-hybridized carbons (Fsp3) is 0.222. The van der Waals surface area contributed by atoms with Gasteiger partial charge < -0.3 is 14.2 Å². The van der Waals surface area contributed by atoms with Crippen molar-refractivity contribution in [2.45, 2.75) is 30.8 Å². The summed E-state index contributed by atoms with van der Waals surface area (Å²) >= 11 is 12.4. The smallest absolute Gasteiger partial charge is 0.410 e. The van der Waals surface area contributed by atoms with Crippen molar-refractivity contribution >= 4 is 52.0 Å². The SMILES string of the molecule is CCN(CC)C(=O)Oc1ccc2c(ccn2Cc2cccc(SC(F)(F)F)c2)c1-c1cc(Cl)cc(Cl)c1. The lowest BCUT2D eigenvalue weighted by Gasteiger charge is -2.20. The molecule has 0 saturated carbocycles. The molecule has 0 radical (unpaired) electrons. The number of thioether (sulfide) groups is 1. The van der Waals surface area contributed by atoms with E-state index in [1.165, 1.54) is 12.1 Å². The van der Waals surface area contributed by atoms with Gasteiger partial charge in [0.25, 0.3) is 0 Å². The van der Waals surface area contributed by atoms with Crippen molar-refractivity contribution in [3.05, 3.63) is 82.5 Å². The molecule has 0 N–H and O–H groups in total. The Morgan fingerprint density at radius 2 is 1.70 bits per heavy atom. The van der Waals surface area contributed by atoms with E-state index in [1.54, 1.807) is 41.3 Å². The van der Waals surface area contributed by atoms with Crippen LogP contribution in [0.15, 0.2) is 71.8 Å². The number of benzene rings is 3. The Labute approximate surface area is 226 Å². The van der Waals surface area contributed by atoms with Crippen LogP contribution in [0, 0.1) is 0 Å². The zero-order valence-electron chi connectivity index (χ0n) is 20.0. The third kappa shape index (κ3) is 6.55. The minimum Gasteiger partial charge on any atom is -0.410 e. The Hall–Kier alpha value is -2.81. The molecule has 1 amide bonds. The van der Waals surface area contributed by atoms with Crippen molar-refractivity contribution < 1.29 is 22.7 Å². The highest BCUT2D eigenvalue weighted by Crippen LogP contribution is 2.41. The highest BCUT2D eigenvalue weighted by Gasteiger charge is 2.29. The maximum absolute atomic E-state index is 12.8. The molecule has 1 heterocycles. The molecule has 0 aliphatic rings. The molecule has 10 heteroatoms. The second kappa shape index (κ2) is 11.3. The largest absolute Gasteiger partial charge is 0.446 e. The maximum atomic E-state index is 12.8. The second-order valence-electron chi connectivity index (χ2n) is 8.21. The summed E-state index contributed by atoms with van der Waals surface area (Å²) in [6, 6.07) is 16.9. The predicted molar refractivity (Wildman–Crippen MR) is 144 cm³/mol. The van der Waals surface area contributed by atoms with E-state index in [4.69, 9.17) is 27.9 Å². The molecule has 4 rings (SSSR count). The number of fused-ring (bicyclic) bond motifs is 1. The van der Waals surface area contributed by atoms with E-state index in [-0.39, 0.29) is 16.7 Å². The molecule has 0 saturated heterocycles. The van der Waals surface area contributed by atoms with Crippen LogP contribution in [0.3, 0.4) is 0 Å². The van der Waals surface area contributed by atoms with Crippen LogP contribution >= 0.6 is 35.0 Å². The van der Waals surface area contributed by atoms with Crippen molar-refractivity contribution in [1.82, 2.24) is 9.47 Å². The Morgan fingerprint density at radius 3 is 2.35 bits per heavy atom. The van der Waals surface area contributed by atoms with Crippen LogP contribution in [0.2, 0.25) is 10.0 Å². The van der Waals surface area contributed by atoms with E-state index in [2.05, 4.69) is 0 Å². The van der Waals surface area contributed by atoms with Gasteiger partial charge >= 0.3 is 11.6 Å². The molecule has 4 aromatic rings. The summed E-state index contributed by atoms with van der Waals surface area (Å²) in [6.45, 7) is 5.09. The molecule has 0 spiro atoms. The van der Waals surface area contributed by atoms with Crippen molar-refractivity contribution in [2.24, 2.45) is 0 Å². The summed E-state index contributed by atoms with van der Waals surface area (Å²) < 4.78 is 46.3. The van der Waals surface area contributed by atoms with Gasteiger partial charge in [0, 0.05) is 57.2 Å². The molecule has 4 nitrogen and oxygen atoms in total. The molecule has 0 aliphatic heterocycles. The molecule has 0 unspecified atom stereocenters. The number of alkyl halides is 3. The van der Waals surface area contributed by atoms with E-state index < -0.39 is 11.6 Å². The van der Waals surface area contributed by atoms with E-state index in [0.717, 1.165) is 16.5 Å². The van der Waals surface area contributed by atoms with Crippen LogP contribution in [0.5, 0.6) is 5.75 Å². The lowest BCUT2D eigenvalue weighted by atomic mass is 10.0. The fourth-order valence-corrected chi connectivity index (χ4v) is 5.30. The first-order chi connectivity index (χ1) is 17.6. The zero-order valence-corrected chi connectivity index (χ0v) is 22.3. The highest BCUT2D eigenvalue weighted by molar-refractivity contribution is 8.00. The van der Waals surface area contributed by atoms with Crippen LogP contribution in [0.1, 0.15) is 19.4 Å². The van der Waals surface area contributed by atoms with E-state index >= 15 is 0 Å². The van der Waals surface area contributed by atoms with Gasteiger partial charge in [0.05, 0.1) is 0 Å². The lowest BCUT2D eigenvalue weighted by molar-refractivity contribution is -0.0328. The number of hydrogen-bond acceptors (Lipinski definition) is 3. The van der Waals surface area contributed by atoms with Gasteiger partial charge in [-0.2, -0.15) is 13.2 Å². The van der Waals surface area contributed by atoms with Crippen LogP contribution in [0.4, 0.5) is 18.0 Å². The number of rotatable bonds is 7. The summed E-state index contributed by atoms with van der Waals surface area (Å²) in [4.78, 5) is 14.5. The van der Waals surface area contributed by atoms with Gasteiger partial charge in [-0.25, -0.2) is 4.79 Å². The number of amides is 1. The van der Waals surface area contributed by atoms with Gasteiger partial charge in [0.1, 0.15) is 5.75 Å². The van der Waals surface area contributed by atoms with Gasteiger partial charge in [-0.1, -0.05) is 35.3 Å². The lowest BCUT2D eigenvalue weighted by Crippen LogP contribution is -2.33. The van der Waals surface area contributed by atoms with Crippen LogP contribution < -0.4 is 4.74 Å². The third-order valence-electron chi connectivity index (χ3n) is 5.77. The van der Waals surface area contributed by atoms with Gasteiger partial charge in [-0.15, -0.1) is 0 Å². The fourth-order valence-electron chi connectivity index (χ4n) is 4.15. The average molecular weight is 567 g/mol. The Bertz CT molecular complexity index is 1410. The minimum atomic E-state index is -4.36. The molecular formula is C27H23Cl2F3N2O2S. The summed E-state index contributed by atoms with van der Waals surface area (Å²) in [5.74, 6) is 0.351. The first-order valence-electron chi connectivity index (χ1n) is 11.5. The van der Waals surface area contributed by atoms with Gasteiger partial charge in [-0.3, -0.25) is 0 Å². The number of ether oxygens (including phenoxy) is 1. The number of carbonyl (C=O) groups is 1. The molecule has 194 valence electrons. The third-order valence-corrected chi connectivity index (χ3v) is 6.93. The van der Waals surface area contributed by atoms with Crippen LogP contribution in [-0.4, -0.2) is 34.2 Å². The molecule has 0 fully saturated rings. The standard InChI is InChI=1S/C27H23Cl2F3N2O2S/c1-3-33(4-2)26(35)36-24-9-8-23-22(25(24)18-13-19(28)15-20(29)14-18)10-11-34(23)16-17-6-5-7-21(12-17)37-27(30,31)32/h5-15H,3-4,16H2,1-2H3. The molecule has 37 heavy (non-hydrogen) atoms. The number of aromatic nitrogens is 1. The van der Waals surface area contributed by atoms with Crippen LogP contribution in [-0.2, 0) is 6.54 Å². The Morgan fingerprint density at radius 1 is 1.00 bits per heavy atom. The summed E-state index contributed by atoms with van der Waals surface area (Å²) in [5, 5.41) is 1.64. The highest BCUT2D eigenvalue weighted by atomic mass is 35.5. The summed E-state index contributed by atoms with van der Waals surface area (Å²) in [7, 11) is 0. The summed E-state index contributed by atoms with van der Waals surface area (Å²) in [5.41, 5.74) is -1.52. The Kier molecular flexibility index (Phi) is 8.31. The number of carbonyl (C=O) groups excluding carboxylic acids is 1. The summed E-state index contributed by atoms with van der Waals surface area (Å²) in [6.07, 6.45) is 1.37. The van der Waals surface area contributed by atoms with Gasteiger partial charge in [0.2, 0.25) is 0 Å². The average Bonchev–Trinajstić information content (AvgIpc) is 3.20. The maximum Gasteiger partial charge on any atom is 0.446 e. The molecule has 1 aromatic heterocycles. The minimum absolute atomic E-state index is 0.126. The van der Waals surface area contributed by atoms with Crippen molar-refractivity contribution in [3.63, 3.8) is 0 Å². The molecule has 0 bridgehead atoms. The molecule has 0 atom stereocenters. The van der Waals surface area contributed by atoms with Crippen molar-refractivity contribution in [3.8, 4) is 16.9 Å². The number of halogens is 5. The number of hydrogen-bond donors (Lipinski definition) is 0. The first-order valence-corrected chi connectivity index (χ1v) is 13.0. The quantitative estimate of drug-likeness (QED) is 0.209. The van der Waals surface area contributed by atoms with Gasteiger partial charge in [-0.05, 0) is 85.3 Å². The number of nitrogens with zero attached hydrogens (tertiary/aromatic N) is 2. The van der Waals surface area contributed by atoms with Crippen molar-refractivity contribution in [1.29, 1.82) is 0 Å². The molecule has 0 aliphatic carbocycles. The topological polar surface area (TPSA) is 34.5 Å². The second-order valence-corrected chi connectivity index (χ2v) is 10.2. The van der Waals surface area contributed by atoms with Crippen molar-refractivity contribution in [2.75, 3.05) is 13.1 Å². The monoisotopic (exact) mass is 566 g/mol.